The third kappa shape index (κ3) is 10.5. The molecule has 4 aromatic carbocycles. The van der Waals surface area contributed by atoms with Crippen molar-refractivity contribution in [3.63, 3.8) is 0 Å². The van der Waals surface area contributed by atoms with E-state index < -0.39 is 30.2 Å². The topological polar surface area (TPSA) is 156 Å². The van der Waals surface area contributed by atoms with Crippen LogP contribution in [-0.4, -0.2) is 48.9 Å². The van der Waals surface area contributed by atoms with E-state index in [9.17, 15) is 24.0 Å². The first kappa shape index (κ1) is 37.3. The summed E-state index contributed by atoms with van der Waals surface area (Å²) in [5, 5.41) is 2.91. The second-order valence-corrected chi connectivity index (χ2v) is 11.1. The van der Waals surface area contributed by atoms with Gasteiger partial charge in [0, 0.05) is 23.5 Å². The molecule has 1 unspecified atom stereocenters. The standard InChI is InChI=1S/C39H36N2O10/c1-7-35(42)48-26(6)37(44)49-30-16-12-29(13-17-30)38(45)51-34-18-9-27(19-25(34)5)22-40-32-20-24(4)33(21-23(32)3)41-36(43)28-10-14-31(15-11-28)50-39(46)47-8-2/h7,9-22,26H,1,8H2,2-6H3,(H,41,43)/b40-22+. The molecular weight excluding hydrogens is 656 g/mol. The average Bonchev–Trinajstić information content (AvgIpc) is 3.10. The predicted octanol–water partition coefficient (Wildman–Crippen LogP) is 7.39. The lowest BCUT2D eigenvalue weighted by atomic mass is 10.1. The zero-order valence-corrected chi connectivity index (χ0v) is 28.7. The van der Waals surface area contributed by atoms with Gasteiger partial charge in [-0.2, -0.15) is 0 Å². The molecule has 0 saturated carbocycles. The highest BCUT2D eigenvalue weighted by atomic mass is 16.7. The number of hydrogen-bond acceptors (Lipinski definition) is 11. The molecule has 12 nitrogen and oxygen atoms in total. The van der Waals surface area contributed by atoms with Crippen LogP contribution in [0.5, 0.6) is 17.2 Å². The van der Waals surface area contributed by atoms with E-state index in [4.69, 9.17) is 23.7 Å². The fraction of sp³-hybridized carbons (Fsp3) is 0.179. The lowest BCUT2D eigenvalue weighted by molar-refractivity contribution is -0.157. The molecular formula is C39H36N2O10. The number of anilines is 1. The van der Waals surface area contributed by atoms with Crippen molar-refractivity contribution in [3.05, 3.63) is 125 Å². The van der Waals surface area contributed by atoms with Crippen LogP contribution >= 0.6 is 0 Å². The number of esters is 3. The SMILES string of the molecule is C=CC(=O)OC(C)C(=O)Oc1ccc(C(=O)Oc2ccc(/C=N/c3cc(C)c(NC(=O)c4ccc(OC(=O)OCC)cc4)cc3C)cc2C)cc1. The van der Waals surface area contributed by atoms with Crippen LogP contribution in [0.15, 0.2) is 96.5 Å². The molecule has 12 heteroatoms. The van der Waals surface area contributed by atoms with Crippen molar-refractivity contribution in [1.29, 1.82) is 0 Å². The zero-order chi connectivity index (χ0) is 37.1. The summed E-state index contributed by atoms with van der Waals surface area (Å²) in [7, 11) is 0. The number of aryl methyl sites for hydroxylation is 3. The maximum atomic E-state index is 12.9. The number of ether oxygens (including phenoxy) is 5. The van der Waals surface area contributed by atoms with Gasteiger partial charge in [-0.3, -0.25) is 9.79 Å². The third-order valence-corrected chi connectivity index (χ3v) is 7.23. The number of benzene rings is 4. The first-order valence-corrected chi connectivity index (χ1v) is 15.8. The summed E-state index contributed by atoms with van der Waals surface area (Å²) in [6.45, 7) is 12.1. The van der Waals surface area contributed by atoms with Gasteiger partial charge in [0.05, 0.1) is 17.9 Å². The van der Waals surface area contributed by atoms with Crippen LogP contribution in [0.3, 0.4) is 0 Å². The molecule has 0 fully saturated rings. The summed E-state index contributed by atoms with van der Waals surface area (Å²) >= 11 is 0. The summed E-state index contributed by atoms with van der Waals surface area (Å²) in [6, 6.07) is 20.8. The van der Waals surface area contributed by atoms with Gasteiger partial charge in [-0.15, -0.1) is 0 Å². The lowest BCUT2D eigenvalue weighted by Gasteiger charge is -2.12. The Hall–Kier alpha value is -6.56. The summed E-state index contributed by atoms with van der Waals surface area (Å²) in [4.78, 5) is 65.2. The molecule has 1 N–H and O–H groups in total. The van der Waals surface area contributed by atoms with E-state index in [-0.39, 0.29) is 29.6 Å². The van der Waals surface area contributed by atoms with Crippen LogP contribution in [-0.2, 0) is 19.1 Å². The minimum atomic E-state index is -1.14. The molecule has 4 rings (SSSR count). The first-order chi connectivity index (χ1) is 24.4. The van der Waals surface area contributed by atoms with Crippen LogP contribution in [0.25, 0.3) is 0 Å². The highest BCUT2D eigenvalue weighted by Gasteiger charge is 2.19. The van der Waals surface area contributed by atoms with Crippen molar-refractivity contribution in [2.45, 2.75) is 40.7 Å². The summed E-state index contributed by atoms with van der Waals surface area (Å²) in [6.07, 6.45) is 0.684. The molecule has 0 spiro atoms. The molecule has 0 heterocycles. The Morgan fingerprint density at radius 2 is 1.43 bits per heavy atom. The van der Waals surface area contributed by atoms with Gasteiger partial charge in [0.1, 0.15) is 17.2 Å². The maximum absolute atomic E-state index is 12.9. The Labute approximate surface area is 294 Å². The van der Waals surface area contributed by atoms with Crippen molar-refractivity contribution >= 4 is 47.6 Å². The highest BCUT2D eigenvalue weighted by molar-refractivity contribution is 6.05. The number of nitrogens with one attached hydrogen (secondary N) is 1. The molecule has 0 aliphatic carbocycles. The molecule has 51 heavy (non-hydrogen) atoms. The van der Waals surface area contributed by atoms with Crippen molar-refractivity contribution in [2.75, 3.05) is 11.9 Å². The quantitative estimate of drug-likeness (QED) is 0.0522. The fourth-order valence-electron chi connectivity index (χ4n) is 4.49. The van der Waals surface area contributed by atoms with Crippen LogP contribution < -0.4 is 19.5 Å². The number of aliphatic imine (C=N–C) groups is 1. The number of rotatable bonds is 12. The highest BCUT2D eigenvalue weighted by Crippen LogP contribution is 2.28. The van der Waals surface area contributed by atoms with Crippen LogP contribution in [0.4, 0.5) is 16.2 Å². The van der Waals surface area contributed by atoms with Gasteiger partial charge in [0.25, 0.3) is 5.91 Å². The lowest BCUT2D eigenvalue weighted by Crippen LogP contribution is -2.27. The Morgan fingerprint density at radius 3 is 2.06 bits per heavy atom. The van der Waals surface area contributed by atoms with Gasteiger partial charge in [-0.25, -0.2) is 19.2 Å². The van der Waals surface area contributed by atoms with Gasteiger partial charge in [-0.1, -0.05) is 6.58 Å². The Kier molecular flexibility index (Phi) is 12.6. The molecule has 1 amide bonds. The van der Waals surface area contributed by atoms with Gasteiger partial charge in [0.15, 0.2) is 6.10 Å². The molecule has 262 valence electrons. The van der Waals surface area contributed by atoms with E-state index in [1.165, 1.54) is 43.3 Å². The molecule has 1 atom stereocenters. The molecule has 0 saturated heterocycles. The second-order valence-electron chi connectivity index (χ2n) is 11.1. The summed E-state index contributed by atoms with van der Waals surface area (Å²) in [5.74, 6) is -1.68. The second kappa shape index (κ2) is 17.2. The zero-order valence-electron chi connectivity index (χ0n) is 28.7. The van der Waals surface area contributed by atoms with E-state index in [1.54, 1.807) is 44.3 Å². The number of carbonyl (C=O) groups is 5. The molecule has 0 aromatic heterocycles. The Balaban J connectivity index is 1.35. The first-order valence-electron chi connectivity index (χ1n) is 15.8. The smallest absolute Gasteiger partial charge is 0.447 e. The minimum Gasteiger partial charge on any atom is -0.447 e. The van der Waals surface area contributed by atoms with Gasteiger partial charge >= 0.3 is 24.1 Å². The third-order valence-electron chi connectivity index (χ3n) is 7.23. The molecule has 0 bridgehead atoms. The Bertz CT molecular complexity index is 1980. The van der Waals surface area contributed by atoms with Crippen molar-refractivity contribution in [3.8, 4) is 17.2 Å². The number of hydrogen-bond donors (Lipinski definition) is 1. The maximum Gasteiger partial charge on any atom is 0.513 e. The normalized spacial score (nSPS) is 11.2. The van der Waals surface area contributed by atoms with Gasteiger partial charge in [-0.05, 0) is 136 Å². The number of amides is 1. The van der Waals surface area contributed by atoms with E-state index in [0.717, 1.165) is 22.8 Å². The van der Waals surface area contributed by atoms with Gasteiger partial charge < -0.3 is 29.0 Å². The van der Waals surface area contributed by atoms with E-state index >= 15 is 0 Å². The minimum absolute atomic E-state index is 0.161. The van der Waals surface area contributed by atoms with E-state index in [0.29, 0.717) is 28.3 Å². The fourth-order valence-corrected chi connectivity index (χ4v) is 4.49. The number of nitrogens with zero attached hydrogens (tertiary/aromatic N) is 1. The van der Waals surface area contributed by atoms with Gasteiger partial charge in [0.2, 0.25) is 0 Å². The van der Waals surface area contributed by atoms with E-state index in [2.05, 4.69) is 16.9 Å². The van der Waals surface area contributed by atoms with Crippen LogP contribution in [0.1, 0.15) is 56.8 Å². The van der Waals surface area contributed by atoms with Crippen LogP contribution in [0.2, 0.25) is 0 Å². The predicted molar refractivity (Wildman–Crippen MR) is 189 cm³/mol. The molecule has 0 radical (unpaired) electrons. The molecule has 0 aliphatic rings. The van der Waals surface area contributed by atoms with Crippen molar-refractivity contribution < 1.29 is 47.7 Å². The van der Waals surface area contributed by atoms with E-state index in [1.807, 2.05) is 32.0 Å². The number of carbonyl (C=O) groups excluding carboxylic acids is 5. The summed E-state index contributed by atoms with van der Waals surface area (Å²) in [5.41, 5.74) is 5.06. The van der Waals surface area contributed by atoms with Crippen molar-refractivity contribution in [2.24, 2.45) is 4.99 Å². The molecule has 0 aliphatic heterocycles. The van der Waals surface area contributed by atoms with Crippen molar-refractivity contribution in [1.82, 2.24) is 0 Å². The summed E-state index contributed by atoms with van der Waals surface area (Å²) < 4.78 is 25.4. The monoisotopic (exact) mass is 692 g/mol. The Morgan fingerprint density at radius 1 is 0.784 bits per heavy atom. The largest absolute Gasteiger partial charge is 0.513 e. The molecule has 4 aromatic rings. The average molecular weight is 693 g/mol. The van der Waals surface area contributed by atoms with Crippen LogP contribution in [0, 0.1) is 20.8 Å².